The molecule has 1 fully saturated rings. The zero-order valence-electron chi connectivity index (χ0n) is 8.12. The summed E-state index contributed by atoms with van der Waals surface area (Å²) in [6, 6.07) is 0.300. The molecule has 0 radical (unpaired) electrons. The van der Waals surface area contributed by atoms with Crippen LogP contribution in [0.2, 0.25) is 0 Å². The number of nitrogens with two attached hydrogens (primary N) is 1. The van der Waals surface area contributed by atoms with Gasteiger partial charge in [0.15, 0.2) is 0 Å². The molecule has 1 aromatic rings. The average Bonchev–Trinajstić information content (AvgIpc) is 2.89. The molecule has 0 saturated heterocycles. The quantitative estimate of drug-likeness (QED) is 0.530. The number of aryl methyl sites for hydroxylation is 1. The van der Waals surface area contributed by atoms with Crippen LogP contribution in [-0.2, 0) is 7.05 Å². The van der Waals surface area contributed by atoms with E-state index >= 15 is 0 Å². The maximum atomic E-state index is 5.54. The second-order valence-corrected chi connectivity index (χ2v) is 3.79. The number of nitrogens with one attached hydrogen (secondary N) is 1. The predicted octanol–water partition coefficient (Wildman–Crippen LogP) is 0.643. The highest BCUT2D eigenvalue weighted by Crippen LogP contribution is 2.41. The number of nitrogens with zero attached hydrogens (tertiary/aromatic N) is 2. The molecule has 1 aliphatic rings. The predicted molar refractivity (Wildman–Crippen MR) is 50.7 cm³/mol. The average molecular weight is 180 g/mol. The van der Waals surface area contributed by atoms with Gasteiger partial charge in [-0.15, -0.1) is 0 Å². The Hall–Kier alpha value is -0.870. The van der Waals surface area contributed by atoms with Gasteiger partial charge in [-0.1, -0.05) is 0 Å². The largest absolute Gasteiger partial charge is 0.273 e. The van der Waals surface area contributed by atoms with Crippen molar-refractivity contribution in [2.75, 3.05) is 0 Å². The third-order valence-electron chi connectivity index (χ3n) is 2.88. The van der Waals surface area contributed by atoms with Crippen LogP contribution in [0.1, 0.15) is 30.1 Å². The Labute approximate surface area is 78.1 Å². The molecule has 72 valence electrons. The summed E-state index contributed by atoms with van der Waals surface area (Å²) >= 11 is 0. The van der Waals surface area contributed by atoms with Crippen molar-refractivity contribution in [3.05, 3.63) is 17.5 Å². The highest BCUT2D eigenvalue weighted by molar-refractivity contribution is 5.22. The van der Waals surface area contributed by atoms with Crippen LogP contribution in [0.25, 0.3) is 0 Å². The summed E-state index contributed by atoms with van der Waals surface area (Å²) in [5.41, 5.74) is 5.33. The van der Waals surface area contributed by atoms with E-state index in [4.69, 9.17) is 5.84 Å². The first kappa shape index (κ1) is 8.72. The highest BCUT2D eigenvalue weighted by atomic mass is 15.3. The molecule has 1 atom stereocenters. The third kappa shape index (κ3) is 1.47. The van der Waals surface area contributed by atoms with Gasteiger partial charge in [0.25, 0.3) is 0 Å². The number of hydrazine groups is 1. The molecule has 0 aromatic carbocycles. The Morgan fingerprint density at radius 1 is 1.69 bits per heavy atom. The van der Waals surface area contributed by atoms with Gasteiger partial charge in [-0.05, 0) is 25.7 Å². The van der Waals surface area contributed by atoms with E-state index in [-0.39, 0.29) is 0 Å². The molecule has 0 bridgehead atoms. The molecule has 1 saturated carbocycles. The molecule has 4 nitrogen and oxygen atoms in total. The lowest BCUT2D eigenvalue weighted by molar-refractivity contribution is 0.493. The molecule has 1 heterocycles. The lowest BCUT2D eigenvalue weighted by Crippen LogP contribution is -2.29. The Bertz CT molecular complexity index is 301. The van der Waals surface area contributed by atoms with E-state index in [1.165, 1.54) is 24.1 Å². The Kier molecular flexibility index (Phi) is 2.09. The monoisotopic (exact) mass is 180 g/mol. The van der Waals surface area contributed by atoms with Crippen LogP contribution in [0, 0.1) is 12.8 Å². The minimum atomic E-state index is 0.300. The fourth-order valence-electron chi connectivity index (χ4n) is 1.73. The van der Waals surface area contributed by atoms with Crippen LogP contribution in [-0.4, -0.2) is 9.78 Å². The lowest BCUT2D eigenvalue weighted by atomic mass is 10.0. The van der Waals surface area contributed by atoms with Crippen LogP contribution in [0.3, 0.4) is 0 Å². The van der Waals surface area contributed by atoms with Gasteiger partial charge in [0.05, 0.1) is 12.2 Å². The van der Waals surface area contributed by atoms with Crippen molar-refractivity contribution in [1.82, 2.24) is 15.2 Å². The first-order valence-corrected chi connectivity index (χ1v) is 4.68. The first-order valence-electron chi connectivity index (χ1n) is 4.68. The minimum absolute atomic E-state index is 0.300. The van der Waals surface area contributed by atoms with Gasteiger partial charge in [-0.25, -0.2) is 0 Å². The van der Waals surface area contributed by atoms with Crippen molar-refractivity contribution >= 4 is 0 Å². The molecule has 2 rings (SSSR count). The number of rotatable bonds is 3. The maximum absolute atomic E-state index is 5.54. The van der Waals surface area contributed by atoms with Crippen molar-refractivity contribution in [2.24, 2.45) is 18.8 Å². The Morgan fingerprint density at radius 3 is 2.77 bits per heavy atom. The molecule has 13 heavy (non-hydrogen) atoms. The summed E-state index contributed by atoms with van der Waals surface area (Å²) in [6.07, 6.45) is 4.48. The molecule has 1 aliphatic carbocycles. The third-order valence-corrected chi connectivity index (χ3v) is 2.88. The van der Waals surface area contributed by atoms with Crippen molar-refractivity contribution in [1.29, 1.82) is 0 Å². The summed E-state index contributed by atoms with van der Waals surface area (Å²) in [5.74, 6) is 6.25. The highest BCUT2D eigenvalue weighted by Gasteiger charge is 2.33. The molecule has 0 spiro atoms. The molecule has 3 N–H and O–H groups in total. The van der Waals surface area contributed by atoms with Gasteiger partial charge in [-0.3, -0.25) is 16.0 Å². The van der Waals surface area contributed by atoms with Crippen LogP contribution >= 0.6 is 0 Å². The van der Waals surface area contributed by atoms with E-state index in [1.54, 1.807) is 0 Å². The number of hydrogen-bond acceptors (Lipinski definition) is 3. The summed E-state index contributed by atoms with van der Waals surface area (Å²) in [6.45, 7) is 2.08. The zero-order chi connectivity index (χ0) is 9.42. The van der Waals surface area contributed by atoms with E-state index in [0.717, 1.165) is 0 Å². The normalized spacial score (nSPS) is 19.0. The van der Waals surface area contributed by atoms with E-state index in [1.807, 2.05) is 17.9 Å². The van der Waals surface area contributed by atoms with E-state index in [0.29, 0.717) is 12.0 Å². The molecule has 0 aliphatic heterocycles. The van der Waals surface area contributed by atoms with Crippen molar-refractivity contribution < 1.29 is 0 Å². The Balaban J connectivity index is 2.26. The summed E-state index contributed by atoms with van der Waals surface area (Å²) in [7, 11) is 1.96. The summed E-state index contributed by atoms with van der Waals surface area (Å²) in [4.78, 5) is 0. The number of aromatic nitrogens is 2. The standard InChI is InChI=1S/C9H16N4/c1-6-8(5-11-13(6)2)9(12-10)7-3-4-7/h5,7,9,12H,3-4,10H2,1-2H3. The zero-order valence-corrected chi connectivity index (χ0v) is 8.12. The van der Waals surface area contributed by atoms with Crippen molar-refractivity contribution in [3.8, 4) is 0 Å². The van der Waals surface area contributed by atoms with Gasteiger partial charge in [0.1, 0.15) is 0 Å². The van der Waals surface area contributed by atoms with Crippen molar-refractivity contribution in [3.63, 3.8) is 0 Å². The van der Waals surface area contributed by atoms with Crippen LogP contribution in [0.15, 0.2) is 6.20 Å². The van der Waals surface area contributed by atoms with Crippen molar-refractivity contribution in [2.45, 2.75) is 25.8 Å². The molecule has 1 unspecified atom stereocenters. The van der Waals surface area contributed by atoms with Gasteiger partial charge in [0, 0.05) is 18.3 Å². The van der Waals surface area contributed by atoms with E-state index in [9.17, 15) is 0 Å². The fourth-order valence-corrected chi connectivity index (χ4v) is 1.73. The minimum Gasteiger partial charge on any atom is -0.273 e. The fraction of sp³-hybridized carbons (Fsp3) is 0.667. The second kappa shape index (κ2) is 3.12. The van der Waals surface area contributed by atoms with Crippen LogP contribution < -0.4 is 11.3 Å². The molecular formula is C9H16N4. The first-order chi connectivity index (χ1) is 6.24. The van der Waals surface area contributed by atoms with Gasteiger partial charge in [-0.2, -0.15) is 5.10 Å². The molecule has 1 aromatic heterocycles. The smallest absolute Gasteiger partial charge is 0.0540 e. The topological polar surface area (TPSA) is 55.9 Å². The van der Waals surface area contributed by atoms with Gasteiger partial charge in [0.2, 0.25) is 0 Å². The summed E-state index contributed by atoms with van der Waals surface area (Å²) < 4.78 is 1.89. The summed E-state index contributed by atoms with van der Waals surface area (Å²) in [5, 5.41) is 4.22. The lowest BCUT2D eigenvalue weighted by Gasteiger charge is -2.14. The van der Waals surface area contributed by atoms with Crippen LogP contribution in [0.5, 0.6) is 0 Å². The Morgan fingerprint density at radius 2 is 2.38 bits per heavy atom. The van der Waals surface area contributed by atoms with E-state index in [2.05, 4.69) is 17.4 Å². The maximum Gasteiger partial charge on any atom is 0.0540 e. The number of hydrogen-bond donors (Lipinski definition) is 2. The van der Waals surface area contributed by atoms with E-state index < -0.39 is 0 Å². The van der Waals surface area contributed by atoms with Crippen LogP contribution in [0.4, 0.5) is 0 Å². The van der Waals surface area contributed by atoms with Gasteiger partial charge >= 0.3 is 0 Å². The van der Waals surface area contributed by atoms with Gasteiger partial charge < -0.3 is 0 Å². The SMILES string of the molecule is Cc1c(C(NN)C2CC2)cnn1C. The second-order valence-electron chi connectivity index (χ2n) is 3.79. The molecular weight excluding hydrogens is 164 g/mol. The molecule has 4 heteroatoms. The molecule has 0 amide bonds.